The molecule has 4 nitrogen and oxygen atoms in total. The summed E-state index contributed by atoms with van der Waals surface area (Å²) in [6.45, 7) is 0. The number of para-hydroxylation sites is 1. The minimum atomic E-state index is -1.28. The quantitative estimate of drug-likeness (QED) is 0.734. The van der Waals surface area contributed by atoms with E-state index in [0.29, 0.717) is 11.0 Å². The zero-order valence-corrected chi connectivity index (χ0v) is 9.83. The highest BCUT2D eigenvalue weighted by Crippen LogP contribution is 2.37. The third-order valence-corrected chi connectivity index (χ3v) is 2.97. The number of benzene rings is 2. The topological polar surface area (TPSA) is 70.7 Å². The van der Waals surface area contributed by atoms with E-state index in [1.165, 1.54) is 0 Å². The smallest absolute Gasteiger partial charge is 0.375 e. The molecule has 0 aliphatic carbocycles. The van der Waals surface area contributed by atoms with Crippen molar-refractivity contribution in [3.05, 3.63) is 54.3 Å². The van der Waals surface area contributed by atoms with Gasteiger partial charge in [0.1, 0.15) is 5.58 Å². The van der Waals surface area contributed by atoms with Crippen molar-refractivity contribution in [2.45, 2.75) is 0 Å². The average molecular weight is 254 g/mol. The lowest BCUT2D eigenvalue weighted by molar-refractivity contribution is 0.0660. The Balaban J connectivity index is 2.33. The van der Waals surface area contributed by atoms with Gasteiger partial charge in [0, 0.05) is 5.56 Å². The second-order valence-corrected chi connectivity index (χ2v) is 4.13. The Labute approximate surface area is 108 Å². The molecule has 0 atom stereocenters. The minimum Gasteiger partial charge on any atom is -0.504 e. The summed E-state index contributed by atoms with van der Waals surface area (Å²) in [6.07, 6.45) is 0. The number of aromatic hydroxyl groups is 1. The van der Waals surface area contributed by atoms with E-state index >= 15 is 0 Å². The largest absolute Gasteiger partial charge is 0.504 e. The van der Waals surface area contributed by atoms with Gasteiger partial charge in [-0.1, -0.05) is 42.5 Å². The molecule has 0 fully saturated rings. The first kappa shape index (κ1) is 11.3. The Bertz CT molecular complexity index is 756. The fourth-order valence-corrected chi connectivity index (χ4v) is 2.10. The van der Waals surface area contributed by atoms with Crippen molar-refractivity contribution in [1.29, 1.82) is 0 Å². The molecule has 3 aromatic rings. The van der Waals surface area contributed by atoms with Crippen LogP contribution in [0.3, 0.4) is 0 Å². The molecule has 2 aromatic carbocycles. The summed E-state index contributed by atoms with van der Waals surface area (Å²) in [4.78, 5) is 11.0. The molecule has 3 rings (SSSR count). The van der Waals surface area contributed by atoms with Gasteiger partial charge in [-0.3, -0.25) is 0 Å². The van der Waals surface area contributed by atoms with Gasteiger partial charge >= 0.3 is 5.97 Å². The van der Waals surface area contributed by atoms with E-state index in [0.717, 1.165) is 11.1 Å². The Hall–Kier alpha value is -2.75. The summed E-state index contributed by atoms with van der Waals surface area (Å²) < 4.78 is 5.30. The normalized spacial score (nSPS) is 10.7. The number of aromatic carboxylic acids is 1. The number of rotatable bonds is 2. The zero-order valence-electron chi connectivity index (χ0n) is 9.83. The highest BCUT2D eigenvalue weighted by atomic mass is 16.4. The van der Waals surface area contributed by atoms with Crippen LogP contribution in [0, 0.1) is 0 Å². The molecule has 19 heavy (non-hydrogen) atoms. The van der Waals surface area contributed by atoms with Crippen LogP contribution in [0.2, 0.25) is 0 Å². The number of carbonyl (C=O) groups is 1. The van der Waals surface area contributed by atoms with Crippen molar-refractivity contribution >= 4 is 16.9 Å². The van der Waals surface area contributed by atoms with Crippen molar-refractivity contribution in [3.8, 4) is 16.9 Å². The van der Waals surface area contributed by atoms with Gasteiger partial charge in [0.2, 0.25) is 0 Å². The molecule has 94 valence electrons. The summed E-state index contributed by atoms with van der Waals surface area (Å²) >= 11 is 0. The molecule has 0 unspecified atom stereocenters. The van der Waals surface area contributed by atoms with E-state index < -0.39 is 11.7 Å². The molecular formula is C15H10O4. The summed E-state index contributed by atoms with van der Waals surface area (Å²) in [6, 6.07) is 14.7. The van der Waals surface area contributed by atoms with Crippen LogP contribution in [0.15, 0.2) is 52.9 Å². The molecule has 0 bridgehead atoms. The number of hydrogen-bond donors (Lipinski definition) is 2. The lowest BCUT2D eigenvalue weighted by Gasteiger charge is -2.01. The van der Waals surface area contributed by atoms with Crippen LogP contribution in [0.4, 0.5) is 0 Å². The second kappa shape index (κ2) is 4.17. The predicted molar refractivity (Wildman–Crippen MR) is 70.3 cm³/mol. The van der Waals surface area contributed by atoms with E-state index in [-0.39, 0.29) is 5.75 Å². The summed E-state index contributed by atoms with van der Waals surface area (Å²) in [5, 5.41) is 19.2. The Morgan fingerprint density at radius 3 is 2.42 bits per heavy atom. The third kappa shape index (κ3) is 1.74. The first-order valence-electron chi connectivity index (χ1n) is 5.71. The fourth-order valence-electron chi connectivity index (χ4n) is 2.10. The van der Waals surface area contributed by atoms with Crippen LogP contribution in [0.1, 0.15) is 10.6 Å². The second-order valence-electron chi connectivity index (χ2n) is 4.13. The lowest BCUT2D eigenvalue weighted by atomic mass is 10.0. The molecule has 0 amide bonds. The number of furan rings is 1. The first-order valence-corrected chi connectivity index (χ1v) is 5.71. The molecule has 0 saturated carbocycles. The van der Waals surface area contributed by atoms with E-state index in [2.05, 4.69) is 0 Å². The van der Waals surface area contributed by atoms with Crippen molar-refractivity contribution in [2.75, 3.05) is 0 Å². The van der Waals surface area contributed by atoms with Crippen LogP contribution < -0.4 is 0 Å². The minimum absolute atomic E-state index is 0.333. The van der Waals surface area contributed by atoms with Crippen molar-refractivity contribution in [3.63, 3.8) is 0 Å². The Kier molecular flexibility index (Phi) is 2.49. The van der Waals surface area contributed by atoms with Gasteiger partial charge in [-0.15, -0.1) is 0 Å². The van der Waals surface area contributed by atoms with Gasteiger partial charge in [0.25, 0.3) is 5.76 Å². The Morgan fingerprint density at radius 1 is 1.00 bits per heavy atom. The molecule has 0 aliphatic heterocycles. The van der Waals surface area contributed by atoms with Crippen LogP contribution in [0.25, 0.3) is 22.1 Å². The molecule has 2 N–H and O–H groups in total. The van der Waals surface area contributed by atoms with Crippen molar-refractivity contribution in [1.82, 2.24) is 0 Å². The molecule has 0 saturated heterocycles. The lowest BCUT2D eigenvalue weighted by Crippen LogP contribution is -1.92. The van der Waals surface area contributed by atoms with Crippen LogP contribution in [-0.2, 0) is 0 Å². The summed E-state index contributed by atoms with van der Waals surface area (Å²) in [7, 11) is 0. The SMILES string of the molecule is O=C(O)c1oc2c(-c3ccccc3)cccc2c1O. The molecular weight excluding hydrogens is 244 g/mol. The first-order chi connectivity index (χ1) is 9.18. The predicted octanol–water partition coefficient (Wildman–Crippen LogP) is 3.50. The molecule has 0 radical (unpaired) electrons. The van der Waals surface area contributed by atoms with E-state index in [9.17, 15) is 9.90 Å². The molecule has 4 heteroatoms. The summed E-state index contributed by atoms with van der Waals surface area (Å²) in [5.74, 6) is -2.05. The van der Waals surface area contributed by atoms with Gasteiger partial charge in [-0.2, -0.15) is 0 Å². The highest BCUT2D eigenvalue weighted by Gasteiger charge is 2.21. The standard InChI is InChI=1S/C15H10O4/c16-12-11-8-4-7-10(9-5-2-1-3-6-9)13(11)19-14(12)15(17)18/h1-8,16H,(H,17,18). The van der Waals surface area contributed by atoms with Gasteiger partial charge in [-0.05, 0) is 11.6 Å². The number of fused-ring (bicyclic) bond motifs is 1. The summed E-state index contributed by atoms with van der Waals surface area (Å²) in [5.41, 5.74) is 2.03. The molecule has 1 aromatic heterocycles. The zero-order chi connectivity index (χ0) is 13.4. The molecule has 0 spiro atoms. The van der Waals surface area contributed by atoms with Gasteiger partial charge in [-0.25, -0.2) is 4.79 Å². The van der Waals surface area contributed by atoms with Crippen LogP contribution in [-0.4, -0.2) is 16.2 Å². The maximum Gasteiger partial charge on any atom is 0.375 e. The van der Waals surface area contributed by atoms with Crippen molar-refractivity contribution < 1.29 is 19.4 Å². The van der Waals surface area contributed by atoms with Crippen LogP contribution in [0.5, 0.6) is 5.75 Å². The number of hydrogen-bond acceptors (Lipinski definition) is 3. The Morgan fingerprint density at radius 2 is 1.74 bits per heavy atom. The highest BCUT2D eigenvalue weighted by molar-refractivity contribution is 6.02. The van der Waals surface area contributed by atoms with E-state index in [1.54, 1.807) is 12.1 Å². The van der Waals surface area contributed by atoms with Gasteiger partial charge < -0.3 is 14.6 Å². The molecule has 0 aliphatic rings. The van der Waals surface area contributed by atoms with Gasteiger partial charge in [0.05, 0.1) is 5.39 Å². The fraction of sp³-hybridized carbons (Fsp3) is 0. The van der Waals surface area contributed by atoms with Crippen molar-refractivity contribution in [2.24, 2.45) is 0 Å². The average Bonchev–Trinajstić information content (AvgIpc) is 2.78. The van der Waals surface area contributed by atoms with Crippen LogP contribution >= 0.6 is 0 Å². The number of carboxylic acid groups (broad SMARTS) is 1. The molecule has 1 heterocycles. The third-order valence-electron chi connectivity index (χ3n) is 2.97. The van der Waals surface area contributed by atoms with Gasteiger partial charge in [0.15, 0.2) is 5.75 Å². The maximum atomic E-state index is 11.0. The monoisotopic (exact) mass is 254 g/mol. The van der Waals surface area contributed by atoms with E-state index in [4.69, 9.17) is 9.52 Å². The van der Waals surface area contributed by atoms with E-state index in [1.807, 2.05) is 36.4 Å². The maximum absolute atomic E-state index is 11.0. The number of carboxylic acids is 1.